The number of carbonyl (C=O) groups excluding carboxylic acids is 3. The van der Waals surface area contributed by atoms with Crippen LogP contribution < -0.4 is 5.32 Å². The molecule has 0 aliphatic heterocycles. The number of nitrogens with zero attached hydrogens (tertiary/aromatic N) is 2. The van der Waals surface area contributed by atoms with Crippen molar-refractivity contribution in [2.75, 3.05) is 25.6 Å². The van der Waals surface area contributed by atoms with E-state index in [4.69, 9.17) is 9.47 Å². The molecule has 1 N–H and O–H groups in total. The molecular weight excluding hydrogens is 454 g/mol. The van der Waals surface area contributed by atoms with Crippen molar-refractivity contribution in [1.29, 1.82) is 0 Å². The van der Waals surface area contributed by atoms with Gasteiger partial charge in [-0.1, -0.05) is 36.4 Å². The van der Waals surface area contributed by atoms with E-state index in [0.717, 1.165) is 0 Å². The third-order valence-electron chi connectivity index (χ3n) is 5.64. The highest BCUT2D eigenvalue weighted by atomic mass is 32.1. The zero-order valence-corrected chi connectivity index (χ0v) is 19.2. The van der Waals surface area contributed by atoms with Gasteiger partial charge in [0.1, 0.15) is 28.5 Å². The lowest BCUT2D eigenvalue weighted by molar-refractivity contribution is 0.0392. The van der Waals surface area contributed by atoms with Gasteiger partial charge in [-0.05, 0) is 18.6 Å². The number of methoxy groups -OCH3 is 1. The van der Waals surface area contributed by atoms with Crippen LogP contribution in [0.15, 0.2) is 48.8 Å². The average Bonchev–Trinajstić information content (AvgIpc) is 3.20. The number of nitrogens with one attached hydrogen (secondary N) is 1. The Hall–Kier alpha value is -3.95. The minimum absolute atomic E-state index is 0.146. The third kappa shape index (κ3) is 3.55. The van der Waals surface area contributed by atoms with E-state index in [0.29, 0.717) is 61.0 Å². The summed E-state index contributed by atoms with van der Waals surface area (Å²) < 4.78 is 10.2. The molecule has 0 unspecified atom stereocenters. The van der Waals surface area contributed by atoms with Gasteiger partial charge in [-0.25, -0.2) is 14.8 Å². The van der Waals surface area contributed by atoms with Gasteiger partial charge in [-0.3, -0.25) is 9.59 Å². The molecule has 0 saturated carbocycles. The zero-order valence-electron chi connectivity index (χ0n) is 18.4. The molecule has 2 aromatic heterocycles. The molecule has 0 bridgehead atoms. The summed E-state index contributed by atoms with van der Waals surface area (Å²) in [5.41, 5.74) is 2.53. The first kappa shape index (κ1) is 21.9. The second-order valence-corrected chi connectivity index (χ2v) is 8.64. The van der Waals surface area contributed by atoms with Crippen LogP contribution >= 0.6 is 11.3 Å². The lowest BCUT2D eigenvalue weighted by Crippen LogP contribution is -2.22. The van der Waals surface area contributed by atoms with Gasteiger partial charge in [-0.2, -0.15) is 0 Å². The number of benzene rings is 2. The van der Waals surface area contributed by atoms with E-state index in [-0.39, 0.29) is 18.2 Å². The highest BCUT2D eigenvalue weighted by molar-refractivity contribution is 7.20. The van der Waals surface area contributed by atoms with Crippen molar-refractivity contribution in [2.24, 2.45) is 0 Å². The van der Waals surface area contributed by atoms with Crippen molar-refractivity contribution >= 4 is 50.6 Å². The second kappa shape index (κ2) is 8.77. The largest absolute Gasteiger partial charge is 0.459 e. The maximum Gasteiger partial charge on any atom is 0.348 e. The number of carbonyl (C=O) groups is 3. The third-order valence-corrected chi connectivity index (χ3v) is 6.82. The molecule has 0 saturated heterocycles. The van der Waals surface area contributed by atoms with Crippen LogP contribution in [0.2, 0.25) is 0 Å². The number of anilines is 2. The molecule has 0 radical (unpaired) electrons. The molecular formula is C25H19N3O5S. The predicted octanol–water partition coefficient (Wildman–Crippen LogP) is 4.32. The van der Waals surface area contributed by atoms with Crippen LogP contribution in [0.3, 0.4) is 0 Å². The zero-order chi connectivity index (χ0) is 23.8. The lowest BCUT2D eigenvalue weighted by atomic mass is 9.83. The fraction of sp³-hybridized carbons (Fsp3) is 0.160. The first-order valence-electron chi connectivity index (χ1n) is 10.5. The highest BCUT2D eigenvalue weighted by Gasteiger charge is 2.31. The van der Waals surface area contributed by atoms with Crippen molar-refractivity contribution in [3.63, 3.8) is 0 Å². The van der Waals surface area contributed by atoms with Crippen molar-refractivity contribution in [2.45, 2.75) is 6.92 Å². The minimum Gasteiger partial charge on any atom is -0.459 e. The van der Waals surface area contributed by atoms with Crippen LogP contribution in [0.1, 0.15) is 47.1 Å². The number of hydrogen-bond acceptors (Lipinski definition) is 9. The second-order valence-electron chi connectivity index (χ2n) is 7.64. The van der Waals surface area contributed by atoms with Crippen molar-refractivity contribution in [1.82, 2.24) is 9.97 Å². The minimum atomic E-state index is -0.460. The molecule has 170 valence electrons. The molecule has 2 heterocycles. The van der Waals surface area contributed by atoms with Gasteiger partial charge in [0.2, 0.25) is 0 Å². The Morgan fingerprint density at radius 3 is 2.47 bits per heavy atom. The standard InChI is InChI=1S/C25H19N3O5S/c1-13-18-23(26-12-27-24(18)34-22(13)25(31)33-11-10-32-2)28-17-9-5-8-16-19(17)21(30)15-7-4-3-6-14(15)20(16)29/h3-9,12H,10-11H2,1-2H3,(H,26,27,28). The van der Waals surface area contributed by atoms with Crippen LogP contribution in [0.25, 0.3) is 10.2 Å². The summed E-state index contributed by atoms with van der Waals surface area (Å²) in [6, 6.07) is 11.9. The van der Waals surface area contributed by atoms with Crippen LogP contribution in [0.4, 0.5) is 11.5 Å². The summed E-state index contributed by atoms with van der Waals surface area (Å²) in [4.78, 5) is 48.6. The number of fused-ring (bicyclic) bond motifs is 3. The Morgan fingerprint density at radius 1 is 0.971 bits per heavy atom. The number of hydrogen-bond donors (Lipinski definition) is 1. The SMILES string of the molecule is COCCOC(=O)c1sc2ncnc(Nc3cccc4c3C(=O)c3ccccc3C4=O)c2c1C. The molecule has 5 rings (SSSR count). The fourth-order valence-electron chi connectivity index (χ4n) is 4.02. The van der Waals surface area contributed by atoms with Crippen molar-refractivity contribution in [3.05, 3.63) is 81.5 Å². The smallest absolute Gasteiger partial charge is 0.348 e. The Morgan fingerprint density at radius 2 is 1.71 bits per heavy atom. The fourth-order valence-corrected chi connectivity index (χ4v) is 5.06. The highest BCUT2D eigenvalue weighted by Crippen LogP contribution is 2.37. The summed E-state index contributed by atoms with van der Waals surface area (Å²) >= 11 is 1.21. The normalized spacial score (nSPS) is 12.4. The Labute approximate surface area is 198 Å². The molecule has 1 aliphatic rings. The maximum atomic E-state index is 13.3. The van der Waals surface area contributed by atoms with E-state index in [1.165, 1.54) is 24.8 Å². The van der Waals surface area contributed by atoms with Gasteiger partial charge in [0, 0.05) is 23.8 Å². The Kier molecular flexibility index (Phi) is 5.64. The van der Waals surface area contributed by atoms with Crippen LogP contribution in [0, 0.1) is 6.92 Å². The molecule has 0 atom stereocenters. The van der Waals surface area contributed by atoms with E-state index in [9.17, 15) is 14.4 Å². The molecule has 1 aliphatic carbocycles. The Balaban J connectivity index is 1.56. The predicted molar refractivity (Wildman–Crippen MR) is 127 cm³/mol. The maximum absolute atomic E-state index is 13.3. The average molecular weight is 474 g/mol. The van der Waals surface area contributed by atoms with Crippen molar-refractivity contribution in [3.8, 4) is 0 Å². The molecule has 34 heavy (non-hydrogen) atoms. The molecule has 8 nitrogen and oxygen atoms in total. The number of aryl methyl sites for hydroxylation is 1. The van der Waals surface area contributed by atoms with Gasteiger partial charge >= 0.3 is 5.97 Å². The number of ether oxygens (including phenoxy) is 2. The molecule has 0 fully saturated rings. The number of ketones is 2. The van der Waals surface area contributed by atoms with E-state index in [1.807, 2.05) is 0 Å². The van der Waals surface area contributed by atoms with Gasteiger partial charge in [0.15, 0.2) is 11.6 Å². The molecule has 2 aromatic carbocycles. The first-order valence-corrected chi connectivity index (χ1v) is 11.3. The van der Waals surface area contributed by atoms with Crippen LogP contribution in [0.5, 0.6) is 0 Å². The molecule has 0 amide bonds. The summed E-state index contributed by atoms with van der Waals surface area (Å²) in [6.07, 6.45) is 1.39. The monoisotopic (exact) mass is 473 g/mol. The summed E-state index contributed by atoms with van der Waals surface area (Å²) in [5.74, 6) is -0.460. The lowest BCUT2D eigenvalue weighted by Gasteiger charge is -2.20. The van der Waals surface area contributed by atoms with Gasteiger partial charge in [-0.15, -0.1) is 11.3 Å². The van der Waals surface area contributed by atoms with Crippen LogP contribution in [-0.2, 0) is 9.47 Å². The van der Waals surface area contributed by atoms with E-state index in [2.05, 4.69) is 15.3 Å². The van der Waals surface area contributed by atoms with Crippen LogP contribution in [-0.4, -0.2) is 47.8 Å². The number of esters is 1. The van der Waals surface area contributed by atoms with Gasteiger partial charge in [0.25, 0.3) is 0 Å². The summed E-state index contributed by atoms with van der Waals surface area (Å²) in [5, 5.41) is 3.86. The van der Waals surface area contributed by atoms with Gasteiger partial charge < -0.3 is 14.8 Å². The quantitative estimate of drug-likeness (QED) is 0.287. The summed E-state index contributed by atoms with van der Waals surface area (Å²) in [6.45, 7) is 2.25. The summed E-state index contributed by atoms with van der Waals surface area (Å²) in [7, 11) is 1.53. The van der Waals surface area contributed by atoms with Gasteiger partial charge in [0.05, 0.1) is 23.2 Å². The van der Waals surface area contributed by atoms with E-state index >= 15 is 0 Å². The number of rotatable bonds is 6. The van der Waals surface area contributed by atoms with Crippen molar-refractivity contribution < 1.29 is 23.9 Å². The van der Waals surface area contributed by atoms with E-state index in [1.54, 1.807) is 49.4 Å². The Bertz CT molecular complexity index is 1480. The number of aromatic nitrogens is 2. The first-order chi connectivity index (χ1) is 16.5. The molecule has 0 spiro atoms. The number of thiophene rings is 1. The topological polar surface area (TPSA) is 107 Å². The molecule has 9 heteroatoms. The molecule has 4 aromatic rings. The van der Waals surface area contributed by atoms with E-state index < -0.39 is 5.97 Å².